The van der Waals surface area contributed by atoms with E-state index in [-0.39, 0.29) is 11.7 Å². The normalized spacial score (nSPS) is 31.6. The molecule has 1 amide bonds. The Labute approximate surface area is 98.6 Å². The third-order valence-electron chi connectivity index (χ3n) is 2.25. The zero-order valence-electron chi connectivity index (χ0n) is 9.94. The molecule has 0 aromatic heterocycles. The molecule has 7 heteroatoms. The van der Waals surface area contributed by atoms with E-state index in [1.807, 2.05) is 0 Å². The summed E-state index contributed by atoms with van der Waals surface area (Å²) in [4.78, 5) is 33.7. The van der Waals surface area contributed by atoms with E-state index in [0.29, 0.717) is 0 Å². The van der Waals surface area contributed by atoms with Crippen LogP contribution in [0.2, 0.25) is 0 Å². The summed E-state index contributed by atoms with van der Waals surface area (Å²) in [5.41, 5.74) is -1.76. The van der Waals surface area contributed by atoms with Crippen LogP contribution in [0.25, 0.3) is 0 Å². The molecule has 1 heterocycles. The Bertz CT molecular complexity index is 365. The van der Waals surface area contributed by atoms with Gasteiger partial charge in [-0.3, -0.25) is 19.7 Å². The average Bonchev–Trinajstić information content (AvgIpc) is 2.60. The highest BCUT2D eigenvalue weighted by molar-refractivity contribution is 8.01. The molecular weight excluding hydrogens is 232 g/mol. The second-order valence-electron chi connectivity index (χ2n) is 3.50. The van der Waals surface area contributed by atoms with Crippen molar-refractivity contribution < 1.29 is 20.9 Å². The van der Waals surface area contributed by atoms with Crippen LogP contribution in [0, 0.1) is 0 Å². The lowest BCUT2D eigenvalue weighted by molar-refractivity contribution is -0.146. The van der Waals surface area contributed by atoms with E-state index in [2.05, 4.69) is 10.6 Å². The van der Waals surface area contributed by atoms with Crippen molar-refractivity contribution in [2.24, 2.45) is 0 Å². The number of aliphatic carboxylic acids is 1. The molecule has 1 saturated heterocycles. The van der Waals surface area contributed by atoms with Crippen LogP contribution in [0.1, 0.15) is 15.2 Å². The van der Waals surface area contributed by atoms with Gasteiger partial charge < -0.3 is 10.4 Å². The van der Waals surface area contributed by atoms with Gasteiger partial charge in [0.1, 0.15) is 5.78 Å². The van der Waals surface area contributed by atoms with Crippen LogP contribution in [0.5, 0.6) is 0 Å². The minimum Gasteiger partial charge on any atom is -0.480 e. The molecule has 1 aliphatic heterocycles. The van der Waals surface area contributed by atoms with Crippen LogP contribution < -0.4 is 10.6 Å². The number of nitrogens with one attached hydrogen (secondary N) is 2. The first kappa shape index (κ1) is 11.4. The second kappa shape index (κ2) is 4.84. The van der Waals surface area contributed by atoms with Gasteiger partial charge in [-0.25, -0.2) is 0 Å². The highest BCUT2D eigenvalue weighted by Gasteiger charge is 2.52. The summed E-state index contributed by atoms with van der Waals surface area (Å²) in [6, 6.07) is 0. The number of carboxylic acids is 1. The van der Waals surface area contributed by atoms with Gasteiger partial charge in [0.2, 0.25) is 5.91 Å². The third kappa shape index (κ3) is 2.35. The van der Waals surface area contributed by atoms with Gasteiger partial charge in [-0.15, -0.1) is 11.8 Å². The number of hydrogen-bond donors (Lipinski definition) is 3. The molecule has 1 fully saturated rings. The molecule has 16 heavy (non-hydrogen) atoms. The van der Waals surface area contributed by atoms with Crippen LogP contribution in [-0.4, -0.2) is 46.0 Å². The molecule has 0 aromatic rings. The van der Waals surface area contributed by atoms with Crippen molar-refractivity contribution in [1.82, 2.24) is 10.6 Å². The van der Waals surface area contributed by atoms with Gasteiger partial charge in [0.05, 0.1) is 6.62 Å². The molecule has 0 aliphatic carbocycles. The van der Waals surface area contributed by atoms with Crippen molar-refractivity contribution in [3.05, 3.63) is 0 Å². The molecule has 0 bridgehead atoms. The van der Waals surface area contributed by atoms with Gasteiger partial charge in [0.15, 0.2) is 5.54 Å². The van der Waals surface area contributed by atoms with E-state index < -0.39 is 29.2 Å². The minimum absolute atomic E-state index is 0.255. The van der Waals surface area contributed by atoms with E-state index in [1.54, 1.807) is 0 Å². The van der Waals surface area contributed by atoms with Gasteiger partial charge in [-0.2, -0.15) is 0 Å². The van der Waals surface area contributed by atoms with E-state index >= 15 is 0 Å². The smallest absolute Gasteiger partial charge is 0.327 e. The molecule has 0 radical (unpaired) electrons. The summed E-state index contributed by atoms with van der Waals surface area (Å²) >= 11 is 1.13. The van der Waals surface area contributed by atoms with E-state index in [1.165, 1.54) is 13.8 Å². The number of carbonyl (C=O) groups is 3. The molecule has 90 valence electrons. The van der Waals surface area contributed by atoms with E-state index in [4.69, 9.17) is 1.37 Å². The highest BCUT2D eigenvalue weighted by atomic mass is 32.2. The Morgan fingerprint density at radius 1 is 1.62 bits per heavy atom. The molecule has 0 aromatic carbocycles. The van der Waals surface area contributed by atoms with Crippen molar-refractivity contribution >= 4 is 29.4 Å². The van der Waals surface area contributed by atoms with Gasteiger partial charge in [-0.05, 0) is 6.92 Å². The summed E-state index contributed by atoms with van der Waals surface area (Å²) in [5, 5.41) is 13.2. The van der Waals surface area contributed by atoms with Gasteiger partial charge >= 0.3 is 5.97 Å². The van der Waals surface area contributed by atoms with Crippen molar-refractivity contribution in [2.75, 3.05) is 12.4 Å². The van der Waals surface area contributed by atoms with Gasteiger partial charge in [-0.1, -0.05) is 0 Å². The third-order valence-corrected chi connectivity index (χ3v) is 3.60. The van der Waals surface area contributed by atoms with Crippen LogP contribution in [0.4, 0.5) is 0 Å². The fraction of sp³-hybridized carbons (Fsp3) is 0.667. The maximum absolute atomic E-state index is 11.4. The lowest BCUT2D eigenvalue weighted by Crippen LogP contribution is -2.62. The summed E-state index contributed by atoms with van der Waals surface area (Å²) in [5.74, 6) is -1.89. The molecule has 3 atom stereocenters. The first-order valence-electron chi connectivity index (χ1n) is 5.20. The predicted octanol–water partition coefficient (Wildman–Crippen LogP) is -0.803. The minimum atomic E-state index is -1.76. The zero-order valence-corrected chi connectivity index (χ0v) is 9.76. The Kier molecular flexibility index (Phi) is 3.45. The van der Waals surface area contributed by atoms with Crippen LogP contribution in [0.15, 0.2) is 0 Å². The number of amides is 1. The first-order chi connectivity index (χ1) is 7.82. The second-order valence-corrected chi connectivity index (χ2v) is 4.59. The topological polar surface area (TPSA) is 95.5 Å². The van der Waals surface area contributed by atoms with Crippen molar-refractivity contribution in [3.8, 4) is 0 Å². The Balaban J connectivity index is 3.08. The number of carboxylic acid groups (broad SMARTS) is 1. The lowest BCUT2D eigenvalue weighted by Gasteiger charge is -2.28. The average molecular weight is 247 g/mol. The first-order valence-corrected chi connectivity index (χ1v) is 5.67. The number of Topliss-reactive ketones (excluding diaryl/α,β-unsaturated/α-hetero) is 1. The molecule has 0 saturated carbocycles. The predicted molar refractivity (Wildman–Crippen MR) is 59.1 cm³/mol. The molecule has 1 aliphatic rings. The quantitative estimate of drug-likeness (QED) is 0.602. The van der Waals surface area contributed by atoms with Gasteiger partial charge in [0, 0.05) is 19.3 Å². The molecule has 3 N–H and O–H groups in total. The summed E-state index contributed by atoms with van der Waals surface area (Å²) in [6.07, 6.45) is 0. The standard InChI is InChI=1S/C9H14N2O4S/c1-5(12)7-9(8(14)15,11-4-16-7)3-10-6(2)13/h7,11H,3-4H2,1-2H3,(H,10,13)(H,14,15)/t7?,9-/m0/s1/i3D/t3?,7?,9-. The van der Waals surface area contributed by atoms with Crippen LogP contribution in [0.3, 0.4) is 0 Å². The zero-order chi connectivity index (χ0) is 13.2. The number of carbonyl (C=O) groups excluding carboxylic acids is 2. The maximum atomic E-state index is 11.4. The fourth-order valence-corrected chi connectivity index (χ4v) is 2.74. The number of thioether (sulfide) groups is 1. The summed E-state index contributed by atoms with van der Waals surface area (Å²) in [6.45, 7) is 1.06. The molecule has 2 unspecified atom stereocenters. The van der Waals surface area contributed by atoms with Crippen LogP contribution >= 0.6 is 11.8 Å². The van der Waals surface area contributed by atoms with E-state index in [0.717, 1.165) is 11.8 Å². The maximum Gasteiger partial charge on any atom is 0.327 e. The van der Waals surface area contributed by atoms with Crippen molar-refractivity contribution in [1.29, 1.82) is 0 Å². The van der Waals surface area contributed by atoms with Crippen LogP contribution in [-0.2, 0) is 14.4 Å². The molecule has 6 nitrogen and oxygen atoms in total. The van der Waals surface area contributed by atoms with Gasteiger partial charge in [0.25, 0.3) is 0 Å². The SMILES string of the molecule is [2H]C(NC(C)=O)[C@]1(C(=O)O)NCSC1C(C)=O. The Hall–Kier alpha value is -1.08. The van der Waals surface area contributed by atoms with Crippen molar-refractivity contribution in [3.63, 3.8) is 0 Å². The summed E-state index contributed by atoms with van der Waals surface area (Å²) < 4.78 is 7.76. The number of ketones is 1. The lowest BCUT2D eigenvalue weighted by atomic mass is 9.92. The largest absolute Gasteiger partial charge is 0.480 e. The number of hydrogen-bond acceptors (Lipinski definition) is 5. The molecule has 0 spiro atoms. The van der Waals surface area contributed by atoms with E-state index in [9.17, 15) is 19.5 Å². The Morgan fingerprint density at radius 2 is 2.25 bits per heavy atom. The van der Waals surface area contributed by atoms with Crippen molar-refractivity contribution in [2.45, 2.75) is 24.6 Å². The Morgan fingerprint density at radius 3 is 2.69 bits per heavy atom. The fourth-order valence-electron chi connectivity index (χ4n) is 1.50. The molecule has 1 rings (SSSR count). The summed E-state index contributed by atoms with van der Waals surface area (Å²) in [7, 11) is 0. The molecular formula is C9H14N2O4S. The highest BCUT2D eigenvalue weighted by Crippen LogP contribution is 2.30. The monoisotopic (exact) mass is 247 g/mol. The number of rotatable bonds is 4.